The Balaban J connectivity index is 1.45. The van der Waals surface area contributed by atoms with Crippen molar-refractivity contribution in [3.8, 4) is 22.5 Å². The fourth-order valence-corrected chi connectivity index (χ4v) is 8.36. The van der Waals surface area contributed by atoms with Gasteiger partial charge in [0.05, 0.1) is 15.9 Å². The number of rotatable bonds is 16. The first kappa shape index (κ1) is 39.6. The number of fused-ring (bicyclic) bond motifs is 2. The largest absolute Gasteiger partial charge is 0.744 e. The van der Waals surface area contributed by atoms with E-state index in [4.69, 9.17) is 9.25 Å². The predicted octanol–water partition coefficient (Wildman–Crippen LogP) is 4.21. The highest BCUT2D eigenvalue weighted by Gasteiger charge is 2.32. The van der Waals surface area contributed by atoms with Gasteiger partial charge in [-0.3, -0.25) is 9.59 Å². The maximum atomic E-state index is 13.3. The number of nitrogens with one attached hydrogen (secondary N) is 1. The van der Waals surface area contributed by atoms with Crippen molar-refractivity contribution >= 4 is 54.6 Å². The van der Waals surface area contributed by atoms with Crippen LogP contribution in [0.15, 0.2) is 68.8 Å². The summed E-state index contributed by atoms with van der Waals surface area (Å²) in [6.45, 7) is 11.1. The highest BCUT2D eigenvalue weighted by atomic mass is 32.2. The molecular weight excluding hydrogens is 725 g/mol. The number of hydrogen-bond donors (Lipinski definition) is 1. The number of sulfonamides is 1. The normalized spacial score (nSPS) is 13.6. The van der Waals surface area contributed by atoms with Crippen molar-refractivity contribution in [1.82, 2.24) is 14.4 Å². The molecule has 1 aliphatic carbocycles. The minimum atomic E-state index is -5.20. The van der Waals surface area contributed by atoms with Crippen molar-refractivity contribution in [2.45, 2.75) is 76.0 Å². The number of imide groups is 1. The summed E-state index contributed by atoms with van der Waals surface area (Å²) in [6.07, 6.45) is 0.925. The van der Waals surface area contributed by atoms with Crippen LogP contribution in [0, 0.1) is 0 Å². The van der Waals surface area contributed by atoms with E-state index in [2.05, 4.69) is 14.2 Å². The lowest BCUT2D eigenvalue weighted by Crippen LogP contribution is -2.31. The summed E-state index contributed by atoms with van der Waals surface area (Å²) in [5.74, 6) is -1.43. The van der Waals surface area contributed by atoms with Crippen molar-refractivity contribution in [3.63, 3.8) is 0 Å². The molecule has 1 N–H and O–H groups in total. The van der Waals surface area contributed by atoms with Crippen LogP contribution in [0.3, 0.4) is 0 Å². The average molecular weight is 769 g/mol. The Labute approximate surface area is 309 Å². The maximum Gasteiger partial charge on any atom is 0.333 e. The van der Waals surface area contributed by atoms with Gasteiger partial charge in [-0.25, -0.2) is 30.9 Å². The molecule has 16 heteroatoms. The SMILES string of the molecule is CCN(CC)c1ccc2c(-c3ccc(S(=O)(=O)NCCCCCC(=O)ON4C(=O)CCC4=O)cc3S(=O)(=O)[O-])c3ccc(=[N+](CC)CC)cc-3oc2c1. The molecule has 3 aliphatic rings. The lowest BCUT2D eigenvalue weighted by molar-refractivity contribution is -0.197. The lowest BCUT2D eigenvalue weighted by atomic mass is 9.93. The summed E-state index contributed by atoms with van der Waals surface area (Å²) in [5.41, 5.74) is 2.37. The Bertz CT molecular complexity index is 2280. The topological polar surface area (TPSA) is 186 Å². The lowest BCUT2D eigenvalue weighted by Gasteiger charge is -2.23. The summed E-state index contributed by atoms with van der Waals surface area (Å²) in [6, 6.07) is 14.7. The molecule has 1 fully saturated rings. The molecule has 0 spiro atoms. The van der Waals surface area contributed by atoms with Crippen LogP contribution in [0.1, 0.15) is 66.2 Å². The molecule has 0 bridgehead atoms. The van der Waals surface area contributed by atoms with Crippen molar-refractivity contribution in [2.24, 2.45) is 0 Å². The first-order valence-electron chi connectivity index (χ1n) is 17.7. The quantitative estimate of drug-likeness (QED) is 0.0566. The van der Waals surface area contributed by atoms with E-state index in [0.717, 1.165) is 43.3 Å². The standard InChI is InChI=1S/C37H44N4O10S2/c1-5-39(6-2)25-13-16-28-31(22-25)50-32-23-26(40(7-3)8-4)14-17-29(32)37(28)30-18-15-27(24-33(30)53(47,48)49)52(45,46)38-21-11-9-10-12-36(44)51-41-34(42)19-20-35(41)43/h13-18,22-24,38H,5-12,19-21H2,1-4H3. The zero-order chi connectivity index (χ0) is 38.5. The Hall–Kier alpha value is -4.64. The smallest absolute Gasteiger partial charge is 0.333 e. The van der Waals surface area contributed by atoms with Crippen LogP contribution in [-0.4, -0.2) is 77.0 Å². The van der Waals surface area contributed by atoms with Crippen LogP contribution >= 0.6 is 0 Å². The van der Waals surface area contributed by atoms with Crippen LogP contribution in [0.2, 0.25) is 0 Å². The van der Waals surface area contributed by atoms with Crippen molar-refractivity contribution < 1.29 is 45.0 Å². The van der Waals surface area contributed by atoms with E-state index in [0.29, 0.717) is 52.2 Å². The Morgan fingerprint density at radius 1 is 0.887 bits per heavy atom. The minimum Gasteiger partial charge on any atom is -0.744 e. The molecule has 14 nitrogen and oxygen atoms in total. The third-order valence-corrected chi connectivity index (χ3v) is 11.6. The van der Waals surface area contributed by atoms with Gasteiger partial charge in [0.15, 0.2) is 0 Å². The van der Waals surface area contributed by atoms with E-state index in [9.17, 15) is 35.8 Å². The van der Waals surface area contributed by atoms with Crippen LogP contribution in [0.25, 0.3) is 33.4 Å². The Morgan fingerprint density at radius 3 is 2.21 bits per heavy atom. The van der Waals surface area contributed by atoms with Crippen molar-refractivity contribution in [2.75, 3.05) is 37.6 Å². The number of hydroxylamine groups is 2. The third-order valence-electron chi connectivity index (χ3n) is 9.30. The molecule has 2 aliphatic heterocycles. The van der Waals surface area contributed by atoms with E-state index in [1.165, 1.54) is 12.1 Å². The second-order valence-corrected chi connectivity index (χ2v) is 15.7. The first-order valence-corrected chi connectivity index (χ1v) is 20.6. The second kappa shape index (κ2) is 16.6. The molecule has 5 rings (SSSR count). The maximum absolute atomic E-state index is 13.3. The van der Waals surface area contributed by atoms with Gasteiger partial charge >= 0.3 is 5.97 Å². The molecule has 0 radical (unpaired) electrons. The highest BCUT2D eigenvalue weighted by molar-refractivity contribution is 7.89. The monoisotopic (exact) mass is 768 g/mol. The highest BCUT2D eigenvalue weighted by Crippen LogP contribution is 2.43. The predicted molar refractivity (Wildman–Crippen MR) is 197 cm³/mol. The number of unbranched alkanes of at least 4 members (excludes halogenated alkanes) is 2. The number of nitrogens with zero attached hydrogens (tertiary/aromatic N) is 3. The van der Waals surface area contributed by atoms with E-state index in [-0.39, 0.29) is 31.4 Å². The Morgan fingerprint density at radius 2 is 1.57 bits per heavy atom. The van der Waals surface area contributed by atoms with Gasteiger partial charge in [0.1, 0.15) is 34.6 Å². The number of hydrogen-bond acceptors (Lipinski definition) is 11. The molecular formula is C37H44N4O10S2. The number of benzene rings is 3. The van der Waals surface area contributed by atoms with E-state index in [1.54, 1.807) is 0 Å². The zero-order valence-corrected chi connectivity index (χ0v) is 31.8. The van der Waals surface area contributed by atoms with Gasteiger partial charge in [-0.2, -0.15) is 0 Å². The van der Waals surface area contributed by atoms with E-state index < -0.39 is 47.7 Å². The molecule has 0 saturated carbocycles. The second-order valence-electron chi connectivity index (χ2n) is 12.5. The van der Waals surface area contributed by atoms with Gasteiger partial charge in [0, 0.05) is 78.8 Å². The molecule has 0 aromatic heterocycles. The molecule has 2 amide bonds. The third kappa shape index (κ3) is 8.78. The first-order chi connectivity index (χ1) is 25.2. The van der Waals surface area contributed by atoms with Crippen LogP contribution in [0.4, 0.5) is 5.69 Å². The molecule has 53 heavy (non-hydrogen) atoms. The zero-order valence-electron chi connectivity index (χ0n) is 30.2. The molecule has 0 atom stereocenters. The van der Waals surface area contributed by atoms with Crippen LogP contribution < -0.4 is 19.6 Å². The molecule has 1 saturated heterocycles. The van der Waals surface area contributed by atoms with E-state index >= 15 is 0 Å². The summed E-state index contributed by atoms with van der Waals surface area (Å²) in [7, 11) is -9.45. The fourth-order valence-electron chi connectivity index (χ4n) is 6.48. The van der Waals surface area contributed by atoms with Gasteiger partial charge in [-0.15, -0.1) is 5.06 Å². The molecule has 2 aromatic rings. The minimum absolute atomic E-state index is 0.0105. The number of amides is 2. The van der Waals surface area contributed by atoms with Gasteiger partial charge in [-0.1, -0.05) is 12.5 Å². The molecule has 2 heterocycles. The summed E-state index contributed by atoms with van der Waals surface area (Å²) in [4.78, 5) is 41.2. The molecule has 284 valence electrons. The fraction of sp³-hybridized carbons (Fsp3) is 0.405. The summed E-state index contributed by atoms with van der Waals surface area (Å²) < 4.78 is 76.3. The van der Waals surface area contributed by atoms with Crippen LogP contribution in [0.5, 0.6) is 0 Å². The van der Waals surface area contributed by atoms with Gasteiger partial charge in [-0.05, 0) is 70.9 Å². The van der Waals surface area contributed by atoms with E-state index in [1.807, 2.05) is 64.1 Å². The molecule has 2 aromatic carbocycles. The summed E-state index contributed by atoms with van der Waals surface area (Å²) in [5, 5.41) is 1.92. The van der Waals surface area contributed by atoms with Crippen LogP contribution in [-0.2, 0) is 39.4 Å². The summed E-state index contributed by atoms with van der Waals surface area (Å²) >= 11 is 0. The number of carbonyl (C=O) groups is 3. The average Bonchev–Trinajstić information content (AvgIpc) is 3.44. The molecule has 0 unspecified atom stereocenters. The Kier molecular flexibility index (Phi) is 12.4. The van der Waals surface area contributed by atoms with Crippen molar-refractivity contribution in [1.29, 1.82) is 0 Å². The van der Waals surface area contributed by atoms with Gasteiger partial charge in [0.25, 0.3) is 11.8 Å². The van der Waals surface area contributed by atoms with Gasteiger partial charge in [0.2, 0.25) is 15.4 Å². The van der Waals surface area contributed by atoms with Gasteiger partial charge < -0.3 is 18.7 Å². The number of anilines is 1. The number of carbonyl (C=O) groups excluding carboxylic acids is 3. The van der Waals surface area contributed by atoms with Crippen molar-refractivity contribution in [3.05, 3.63) is 60.0 Å².